The minimum atomic E-state index is -0.608. The highest BCUT2D eigenvalue weighted by atomic mass is 35.5. The molecule has 7 heteroatoms. The molecule has 0 heterocycles. The molecule has 1 atom stereocenters. The van der Waals surface area contributed by atoms with Gasteiger partial charge in [0.2, 0.25) is 5.91 Å². The van der Waals surface area contributed by atoms with E-state index >= 15 is 0 Å². The lowest BCUT2D eigenvalue weighted by molar-refractivity contribution is -0.143. The van der Waals surface area contributed by atoms with E-state index in [4.69, 9.17) is 27.9 Å². The molecule has 1 fully saturated rings. The first-order chi connectivity index (χ1) is 16.8. The largest absolute Gasteiger partial charge is 0.483 e. The molecule has 1 N–H and O–H groups in total. The Labute approximate surface area is 219 Å². The summed E-state index contributed by atoms with van der Waals surface area (Å²) in [6.07, 6.45) is 5.92. The van der Waals surface area contributed by atoms with Crippen molar-refractivity contribution >= 4 is 35.0 Å². The van der Waals surface area contributed by atoms with Gasteiger partial charge in [-0.05, 0) is 54.5 Å². The van der Waals surface area contributed by atoms with E-state index in [9.17, 15) is 9.59 Å². The summed E-state index contributed by atoms with van der Waals surface area (Å²) in [7, 11) is 0. The number of halogens is 2. The fourth-order valence-corrected chi connectivity index (χ4v) is 4.93. The maximum Gasteiger partial charge on any atom is 0.261 e. The first-order valence-corrected chi connectivity index (χ1v) is 13.3. The van der Waals surface area contributed by atoms with E-state index < -0.39 is 6.04 Å². The number of carbonyl (C=O) groups excluding carboxylic acids is 2. The van der Waals surface area contributed by atoms with Gasteiger partial charge in [0.05, 0.1) is 10.0 Å². The number of nitrogens with zero attached hydrogens (tertiary/aromatic N) is 1. The number of ether oxygens (including phenoxy) is 1. The Morgan fingerprint density at radius 3 is 2.43 bits per heavy atom. The van der Waals surface area contributed by atoms with Gasteiger partial charge in [-0.2, -0.15) is 0 Å². The minimum Gasteiger partial charge on any atom is -0.483 e. The summed E-state index contributed by atoms with van der Waals surface area (Å²) < 4.78 is 5.98. The van der Waals surface area contributed by atoms with E-state index in [1.165, 1.54) is 6.42 Å². The van der Waals surface area contributed by atoms with Crippen LogP contribution in [0, 0.1) is 0 Å². The molecule has 0 aromatic heterocycles. The maximum absolute atomic E-state index is 13.5. The van der Waals surface area contributed by atoms with Gasteiger partial charge in [-0.25, -0.2) is 0 Å². The number of carbonyl (C=O) groups is 2. The van der Waals surface area contributed by atoms with Gasteiger partial charge in [0, 0.05) is 12.6 Å². The van der Waals surface area contributed by atoms with Gasteiger partial charge in [0.1, 0.15) is 11.8 Å². The monoisotopic (exact) mass is 518 g/mol. The average Bonchev–Trinajstić information content (AvgIpc) is 2.85. The molecule has 0 aliphatic heterocycles. The fraction of sp³-hybridized carbons (Fsp3) is 0.500. The van der Waals surface area contributed by atoms with Gasteiger partial charge in [-0.3, -0.25) is 9.59 Å². The fourth-order valence-electron chi connectivity index (χ4n) is 4.61. The third kappa shape index (κ3) is 7.62. The van der Waals surface area contributed by atoms with Crippen LogP contribution in [0.1, 0.15) is 76.3 Å². The van der Waals surface area contributed by atoms with Crippen LogP contribution < -0.4 is 10.1 Å². The third-order valence-corrected chi connectivity index (χ3v) is 7.31. The van der Waals surface area contributed by atoms with Crippen LogP contribution in [0.25, 0.3) is 0 Å². The van der Waals surface area contributed by atoms with Crippen LogP contribution in [0.15, 0.2) is 42.5 Å². The van der Waals surface area contributed by atoms with Gasteiger partial charge in [0.15, 0.2) is 6.61 Å². The molecule has 1 saturated carbocycles. The zero-order valence-corrected chi connectivity index (χ0v) is 22.4. The van der Waals surface area contributed by atoms with Crippen molar-refractivity contribution in [2.24, 2.45) is 0 Å². The van der Waals surface area contributed by atoms with Crippen LogP contribution in [0.3, 0.4) is 0 Å². The highest BCUT2D eigenvalue weighted by Crippen LogP contribution is 2.27. The van der Waals surface area contributed by atoms with Gasteiger partial charge in [-0.1, -0.05) is 87.5 Å². The molecule has 0 saturated heterocycles. The smallest absolute Gasteiger partial charge is 0.261 e. The lowest BCUT2D eigenvalue weighted by Crippen LogP contribution is -2.52. The molecule has 0 spiro atoms. The van der Waals surface area contributed by atoms with E-state index in [0.29, 0.717) is 22.2 Å². The Hall–Kier alpha value is -2.24. The van der Waals surface area contributed by atoms with Crippen molar-refractivity contribution < 1.29 is 14.3 Å². The molecule has 0 unspecified atom stereocenters. The van der Waals surface area contributed by atoms with Crippen molar-refractivity contribution in [1.29, 1.82) is 0 Å². The number of amides is 2. The first-order valence-electron chi connectivity index (χ1n) is 12.6. The van der Waals surface area contributed by atoms with Crippen molar-refractivity contribution in [1.82, 2.24) is 10.2 Å². The summed E-state index contributed by atoms with van der Waals surface area (Å²) in [5.41, 5.74) is 1.85. The number of hydrogen-bond donors (Lipinski definition) is 1. The molecule has 2 aromatic carbocycles. The average molecular weight is 520 g/mol. The lowest BCUT2D eigenvalue weighted by atomic mass is 9.95. The molecule has 35 heavy (non-hydrogen) atoms. The van der Waals surface area contributed by atoms with E-state index in [-0.39, 0.29) is 36.9 Å². The van der Waals surface area contributed by atoms with Crippen LogP contribution >= 0.6 is 23.2 Å². The Morgan fingerprint density at radius 1 is 1.06 bits per heavy atom. The second-order valence-corrected chi connectivity index (χ2v) is 10.3. The molecular formula is C28H36Cl2N2O3. The Bertz CT molecular complexity index is 1010. The second kappa shape index (κ2) is 13.2. The zero-order valence-electron chi connectivity index (χ0n) is 20.9. The van der Waals surface area contributed by atoms with Gasteiger partial charge < -0.3 is 15.0 Å². The minimum absolute atomic E-state index is 0.115. The van der Waals surface area contributed by atoms with Crippen LogP contribution in [0.4, 0.5) is 0 Å². The third-order valence-electron chi connectivity index (χ3n) is 6.57. The number of hydrogen-bond acceptors (Lipinski definition) is 3. The number of rotatable bonds is 10. The number of benzene rings is 2. The molecule has 0 bridgehead atoms. The van der Waals surface area contributed by atoms with Crippen molar-refractivity contribution in [2.45, 2.75) is 83.8 Å². The summed E-state index contributed by atoms with van der Waals surface area (Å²) in [5, 5.41) is 4.05. The van der Waals surface area contributed by atoms with E-state index in [2.05, 4.69) is 19.2 Å². The van der Waals surface area contributed by atoms with Gasteiger partial charge in [-0.15, -0.1) is 0 Å². The van der Waals surface area contributed by atoms with E-state index in [1.54, 1.807) is 17.0 Å². The van der Waals surface area contributed by atoms with Crippen molar-refractivity contribution in [3.63, 3.8) is 0 Å². The highest BCUT2D eigenvalue weighted by molar-refractivity contribution is 6.42. The normalized spacial score (nSPS) is 15.0. The van der Waals surface area contributed by atoms with Crippen LogP contribution in [0.2, 0.25) is 10.0 Å². The standard InChI is InChI=1S/C28H36Cl2N2O3/c1-4-25(28(34)31-21-10-6-5-7-11-21)32(17-20-14-15-23(29)24(30)16-20)27(33)18-35-26-13-9-8-12-22(26)19(2)3/h8-9,12-16,19,21,25H,4-7,10-11,17-18H2,1-3H3,(H,31,34)/t25-/m1/s1. The molecule has 190 valence electrons. The predicted octanol–water partition coefficient (Wildman–Crippen LogP) is 6.75. The SMILES string of the molecule is CC[C@H](C(=O)NC1CCCCC1)N(Cc1ccc(Cl)c(Cl)c1)C(=O)COc1ccccc1C(C)C. The Kier molecular flexibility index (Phi) is 10.3. The van der Waals surface area contributed by atoms with Crippen molar-refractivity contribution in [3.8, 4) is 5.75 Å². The highest BCUT2D eigenvalue weighted by Gasteiger charge is 2.31. The first kappa shape index (κ1) is 27.3. The Balaban J connectivity index is 1.80. The molecule has 1 aliphatic rings. The number of para-hydroxylation sites is 1. The Morgan fingerprint density at radius 2 is 1.77 bits per heavy atom. The summed E-state index contributed by atoms with van der Waals surface area (Å²) >= 11 is 12.3. The zero-order chi connectivity index (χ0) is 25.4. The van der Waals surface area contributed by atoms with Gasteiger partial charge in [0.25, 0.3) is 5.91 Å². The quantitative estimate of drug-likeness (QED) is 0.378. The summed E-state index contributed by atoms with van der Waals surface area (Å²) in [6.45, 7) is 6.18. The van der Waals surface area contributed by atoms with E-state index in [1.807, 2.05) is 37.3 Å². The van der Waals surface area contributed by atoms with Crippen LogP contribution in [-0.4, -0.2) is 35.4 Å². The lowest BCUT2D eigenvalue weighted by Gasteiger charge is -2.33. The predicted molar refractivity (Wildman–Crippen MR) is 142 cm³/mol. The topological polar surface area (TPSA) is 58.6 Å². The number of nitrogens with one attached hydrogen (secondary N) is 1. The maximum atomic E-state index is 13.5. The molecular weight excluding hydrogens is 483 g/mol. The van der Waals surface area contributed by atoms with Crippen LogP contribution in [0.5, 0.6) is 5.75 Å². The second-order valence-electron chi connectivity index (χ2n) is 9.52. The molecule has 2 amide bonds. The molecule has 2 aromatic rings. The van der Waals surface area contributed by atoms with Gasteiger partial charge >= 0.3 is 0 Å². The summed E-state index contributed by atoms with van der Waals surface area (Å²) in [6, 6.07) is 12.6. The van der Waals surface area contributed by atoms with Crippen molar-refractivity contribution in [3.05, 3.63) is 63.6 Å². The molecule has 0 radical (unpaired) electrons. The summed E-state index contributed by atoms with van der Waals surface area (Å²) in [4.78, 5) is 28.4. The van der Waals surface area contributed by atoms with Crippen molar-refractivity contribution in [2.75, 3.05) is 6.61 Å². The molecule has 5 nitrogen and oxygen atoms in total. The molecule has 1 aliphatic carbocycles. The summed E-state index contributed by atoms with van der Waals surface area (Å²) in [5.74, 6) is 0.582. The van der Waals surface area contributed by atoms with E-state index in [0.717, 1.165) is 36.8 Å². The van der Waals surface area contributed by atoms with Crippen LogP contribution in [-0.2, 0) is 16.1 Å². The molecule has 3 rings (SSSR count).